The molecule has 1 nitrogen and oxygen atoms in total. The topological polar surface area (TPSA) is 9.23 Å². The van der Waals surface area contributed by atoms with E-state index in [-0.39, 0.29) is 0 Å². The van der Waals surface area contributed by atoms with Crippen molar-refractivity contribution in [3.8, 4) is 18.1 Å². The average Bonchev–Trinajstić information content (AvgIpc) is 2.64. The Morgan fingerprint density at radius 1 is 1.00 bits per heavy atom. The molecule has 0 spiro atoms. The van der Waals surface area contributed by atoms with Gasteiger partial charge in [-0.25, -0.2) is 0 Å². The maximum Gasteiger partial charge on any atom is 0.119 e. The fourth-order valence-corrected chi connectivity index (χ4v) is 3.60. The summed E-state index contributed by atoms with van der Waals surface area (Å²) >= 11 is 0. The van der Waals surface area contributed by atoms with Crippen LogP contribution < -0.4 is 4.74 Å². The molecule has 24 heavy (non-hydrogen) atoms. The fraction of sp³-hybridized carbons (Fsp3) is 0.391. The number of hydrogen-bond donors (Lipinski definition) is 0. The van der Waals surface area contributed by atoms with Gasteiger partial charge < -0.3 is 4.74 Å². The van der Waals surface area contributed by atoms with Gasteiger partial charge in [0.1, 0.15) is 5.75 Å². The molecule has 1 saturated carbocycles. The van der Waals surface area contributed by atoms with Gasteiger partial charge >= 0.3 is 0 Å². The monoisotopic (exact) mass is 318 g/mol. The predicted octanol–water partition coefficient (Wildman–Crippen LogP) is 5.41. The summed E-state index contributed by atoms with van der Waals surface area (Å²) in [5.41, 5.74) is 3.73. The maximum absolute atomic E-state index is 6.17. The van der Waals surface area contributed by atoms with Crippen LogP contribution in [0.3, 0.4) is 0 Å². The molecule has 0 N–H and O–H groups in total. The molecule has 2 aromatic rings. The van der Waals surface area contributed by atoms with Gasteiger partial charge in [0.15, 0.2) is 0 Å². The molecule has 1 fully saturated rings. The van der Waals surface area contributed by atoms with Crippen molar-refractivity contribution in [3.05, 3.63) is 65.2 Å². The van der Waals surface area contributed by atoms with Crippen LogP contribution in [0.4, 0.5) is 0 Å². The van der Waals surface area contributed by atoms with Crippen LogP contribution in [0.15, 0.2) is 48.5 Å². The summed E-state index contributed by atoms with van der Waals surface area (Å²) in [6.45, 7) is 2.18. The Bertz CT molecular complexity index is 685. The van der Waals surface area contributed by atoms with Gasteiger partial charge in [0.25, 0.3) is 0 Å². The summed E-state index contributed by atoms with van der Waals surface area (Å²) in [6, 6.07) is 16.9. The zero-order chi connectivity index (χ0) is 16.8. The van der Waals surface area contributed by atoms with Gasteiger partial charge in [-0.05, 0) is 73.8 Å². The Morgan fingerprint density at radius 3 is 2.38 bits per heavy atom. The first-order valence-corrected chi connectivity index (χ1v) is 9.08. The number of rotatable bonds is 5. The Balaban J connectivity index is 1.51. The van der Waals surface area contributed by atoms with Gasteiger partial charge in [-0.3, -0.25) is 0 Å². The first-order valence-electron chi connectivity index (χ1n) is 9.08. The van der Waals surface area contributed by atoms with E-state index in [1.165, 1.54) is 24.0 Å². The summed E-state index contributed by atoms with van der Waals surface area (Å²) in [6.07, 6.45) is 12.9. The van der Waals surface area contributed by atoms with E-state index in [0.717, 1.165) is 42.9 Å². The minimum absolute atomic E-state index is 0.358. The first kappa shape index (κ1) is 16.7. The van der Waals surface area contributed by atoms with Crippen molar-refractivity contribution >= 4 is 0 Å². The van der Waals surface area contributed by atoms with E-state index < -0.39 is 0 Å². The summed E-state index contributed by atoms with van der Waals surface area (Å²) < 4.78 is 6.17. The van der Waals surface area contributed by atoms with Crippen molar-refractivity contribution in [2.75, 3.05) is 0 Å². The standard InChI is InChI=1S/C23H26O/c1-3-18-9-13-22(14-10-18)24-23-15-11-19(12-16-23)17-21-8-6-5-7-20(21)4-2/h2,5-10,13-14,19,23H,3,11-12,15-17H2,1H3. The molecule has 0 saturated heterocycles. The van der Waals surface area contributed by atoms with Crippen LogP contribution in [0.5, 0.6) is 5.75 Å². The molecule has 2 aromatic carbocycles. The molecule has 0 heterocycles. The first-order chi connectivity index (χ1) is 11.8. The van der Waals surface area contributed by atoms with Gasteiger partial charge in [0, 0.05) is 5.56 Å². The summed E-state index contributed by atoms with van der Waals surface area (Å²) in [5, 5.41) is 0. The third-order valence-corrected chi connectivity index (χ3v) is 5.11. The molecule has 1 aliphatic carbocycles. The second kappa shape index (κ2) is 8.06. The molecule has 0 aromatic heterocycles. The number of benzene rings is 2. The Hall–Kier alpha value is -2.20. The summed E-state index contributed by atoms with van der Waals surface area (Å²) in [4.78, 5) is 0. The predicted molar refractivity (Wildman–Crippen MR) is 100 cm³/mol. The number of ether oxygens (including phenoxy) is 1. The summed E-state index contributed by atoms with van der Waals surface area (Å²) in [7, 11) is 0. The minimum Gasteiger partial charge on any atom is -0.490 e. The molecule has 0 unspecified atom stereocenters. The molecule has 1 heteroatoms. The van der Waals surface area contributed by atoms with Crippen molar-refractivity contribution < 1.29 is 4.74 Å². The van der Waals surface area contributed by atoms with Crippen LogP contribution in [0.1, 0.15) is 49.3 Å². The van der Waals surface area contributed by atoms with Crippen LogP contribution in [-0.4, -0.2) is 6.10 Å². The fourth-order valence-electron chi connectivity index (χ4n) is 3.60. The van der Waals surface area contributed by atoms with Crippen LogP contribution in [0.2, 0.25) is 0 Å². The van der Waals surface area contributed by atoms with E-state index in [2.05, 4.69) is 49.2 Å². The lowest BCUT2D eigenvalue weighted by molar-refractivity contribution is 0.131. The van der Waals surface area contributed by atoms with Crippen molar-refractivity contribution in [1.29, 1.82) is 0 Å². The Kier molecular flexibility index (Phi) is 5.59. The lowest BCUT2D eigenvalue weighted by atomic mass is 9.82. The maximum atomic E-state index is 6.17. The quantitative estimate of drug-likeness (QED) is 0.670. The Labute approximate surface area is 146 Å². The van der Waals surface area contributed by atoms with E-state index >= 15 is 0 Å². The Morgan fingerprint density at radius 2 is 1.71 bits per heavy atom. The van der Waals surface area contributed by atoms with E-state index in [9.17, 15) is 0 Å². The van der Waals surface area contributed by atoms with Crippen molar-refractivity contribution in [1.82, 2.24) is 0 Å². The molecular weight excluding hydrogens is 292 g/mol. The van der Waals surface area contributed by atoms with Crippen LogP contribution in [-0.2, 0) is 12.8 Å². The molecule has 3 rings (SSSR count). The van der Waals surface area contributed by atoms with Crippen LogP contribution >= 0.6 is 0 Å². The van der Waals surface area contributed by atoms with E-state index in [1.54, 1.807) is 0 Å². The third kappa shape index (κ3) is 4.20. The average molecular weight is 318 g/mol. The second-order valence-electron chi connectivity index (χ2n) is 6.76. The number of hydrogen-bond acceptors (Lipinski definition) is 1. The normalized spacial score (nSPS) is 20.3. The minimum atomic E-state index is 0.358. The largest absolute Gasteiger partial charge is 0.490 e. The highest BCUT2D eigenvalue weighted by molar-refractivity contribution is 5.40. The molecule has 0 aliphatic heterocycles. The smallest absolute Gasteiger partial charge is 0.119 e. The van der Waals surface area contributed by atoms with E-state index in [4.69, 9.17) is 11.2 Å². The van der Waals surface area contributed by atoms with Crippen molar-refractivity contribution in [2.24, 2.45) is 5.92 Å². The van der Waals surface area contributed by atoms with Gasteiger partial charge in [-0.2, -0.15) is 0 Å². The second-order valence-corrected chi connectivity index (χ2v) is 6.76. The highest BCUT2D eigenvalue weighted by Gasteiger charge is 2.23. The zero-order valence-electron chi connectivity index (χ0n) is 14.5. The van der Waals surface area contributed by atoms with E-state index in [0.29, 0.717) is 6.10 Å². The third-order valence-electron chi connectivity index (χ3n) is 5.11. The van der Waals surface area contributed by atoms with Crippen LogP contribution in [0.25, 0.3) is 0 Å². The van der Waals surface area contributed by atoms with Gasteiger partial charge in [-0.15, -0.1) is 6.42 Å². The molecular formula is C23H26O. The molecule has 0 bridgehead atoms. The van der Waals surface area contributed by atoms with Gasteiger partial charge in [-0.1, -0.05) is 43.2 Å². The highest BCUT2D eigenvalue weighted by Crippen LogP contribution is 2.30. The van der Waals surface area contributed by atoms with Gasteiger partial charge in [0.05, 0.1) is 6.10 Å². The number of aryl methyl sites for hydroxylation is 1. The SMILES string of the molecule is C#Cc1ccccc1CC1CCC(Oc2ccc(CC)cc2)CC1. The van der Waals surface area contributed by atoms with E-state index in [1.807, 2.05) is 12.1 Å². The molecule has 0 radical (unpaired) electrons. The zero-order valence-corrected chi connectivity index (χ0v) is 14.5. The molecule has 124 valence electrons. The van der Waals surface area contributed by atoms with Crippen LogP contribution in [0, 0.1) is 18.3 Å². The van der Waals surface area contributed by atoms with Gasteiger partial charge in [0.2, 0.25) is 0 Å². The van der Waals surface area contributed by atoms with Crippen molar-refractivity contribution in [2.45, 2.75) is 51.6 Å². The lowest BCUT2D eigenvalue weighted by Gasteiger charge is -2.29. The van der Waals surface area contributed by atoms with Crippen molar-refractivity contribution in [3.63, 3.8) is 0 Å². The molecule has 0 atom stereocenters. The molecule has 0 amide bonds. The number of terminal acetylenes is 1. The summed E-state index contributed by atoms with van der Waals surface area (Å²) in [5.74, 6) is 4.54. The lowest BCUT2D eigenvalue weighted by Crippen LogP contribution is -2.25. The molecule has 1 aliphatic rings. The highest BCUT2D eigenvalue weighted by atomic mass is 16.5.